The van der Waals surface area contributed by atoms with Crippen LogP contribution in [0.4, 0.5) is 0 Å². The van der Waals surface area contributed by atoms with Gasteiger partial charge in [-0.25, -0.2) is 4.99 Å². The van der Waals surface area contributed by atoms with Crippen molar-refractivity contribution in [2.24, 2.45) is 12.0 Å². The Kier molecular flexibility index (Phi) is 10.7. The van der Waals surface area contributed by atoms with Crippen LogP contribution in [-0.2, 0) is 19.1 Å². The van der Waals surface area contributed by atoms with Crippen molar-refractivity contribution in [2.45, 2.75) is 52.1 Å². The third-order valence-electron chi connectivity index (χ3n) is 4.80. The van der Waals surface area contributed by atoms with E-state index < -0.39 is 5.60 Å². The average Bonchev–Trinajstić information content (AvgIpc) is 3.11. The maximum Gasteiger partial charge on any atom is 0.191 e. The Balaban J connectivity index is 0.00000420. The average molecular weight is 513 g/mol. The molecule has 0 saturated heterocycles. The van der Waals surface area contributed by atoms with Gasteiger partial charge in [-0.1, -0.05) is 38.1 Å². The second kappa shape index (κ2) is 12.2. The molecule has 0 radical (unpaired) electrons. The lowest BCUT2D eigenvalue weighted by molar-refractivity contribution is 0.0672. The van der Waals surface area contributed by atoms with Crippen LogP contribution in [0.2, 0.25) is 0 Å². The summed E-state index contributed by atoms with van der Waals surface area (Å²) in [5, 5.41) is 21.4. The first-order valence-corrected chi connectivity index (χ1v) is 10.1. The monoisotopic (exact) mass is 513 g/mol. The number of halogens is 1. The summed E-state index contributed by atoms with van der Waals surface area (Å²) in [6, 6.07) is 8.89. The summed E-state index contributed by atoms with van der Waals surface area (Å²) < 4.78 is 1.69. The molecule has 1 heterocycles. The molecule has 2 rings (SSSR count). The fourth-order valence-corrected chi connectivity index (χ4v) is 2.93. The van der Waals surface area contributed by atoms with E-state index in [1.165, 1.54) is 11.1 Å². The molecule has 0 saturated carbocycles. The van der Waals surface area contributed by atoms with Crippen LogP contribution in [0, 0.1) is 0 Å². The van der Waals surface area contributed by atoms with Crippen molar-refractivity contribution in [3.05, 3.63) is 53.3 Å². The number of guanidine groups is 1. The van der Waals surface area contributed by atoms with Crippen molar-refractivity contribution < 1.29 is 5.11 Å². The fraction of sp³-hybridized carbons (Fsp3) is 0.545. The summed E-state index contributed by atoms with van der Waals surface area (Å²) in [5.74, 6) is 1.29. The van der Waals surface area contributed by atoms with E-state index in [9.17, 15) is 5.11 Å². The zero-order chi connectivity index (χ0) is 20.6. The summed E-state index contributed by atoms with van der Waals surface area (Å²) in [4.78, 5) is 4.55. The third-order valence-corrected chi connectivity index (χ3v) is 4.80. The fourth-order valence-electron chi connectivity index (χ4n) is 2.93. The summed E-state index contributed by atoms with van der Waals surface area (Å²) in [6.07, 6.45) is 5.55. The molecule has 1 atom stereocenters. The van der Waals surface area contributed by atoms with Gasteiger partial charge in [0.25, 0.3) is 0 Å². The predicted octanol–water partition coefficient (Wildman–Crippen LogP) is 3.56. The van der Waals surface area contributed by atoms with Gasteiger partial charge in [0.15, 0.2) is 5.96 Å². The zero-order valence-electron chi connectivity index (χ0n) is 18.3. The minimum Gasteiger partial charge on any atom is -0.383 e. The van der Waals surface area contributed by atoms with Crippen molar-refractivity contribution in [2.75, 3.05) is 19.6 Å². The Morgan fingerprint density at radius 2 is 1.93 bits per heavy atom. The van der Waals surface area contributed by atoms with Gasteiger partial charge in [-0.05, 0) is 43.7 Å². The highest BCUT2D eigenvalue weighted by molar-refractivity contribution is 14.0. The molecule has 6 nitrogen and oxygen atoms in total. The number of aromatic nitrogens is 2. The molecule has 0 spiro atoms. The van der Waals surface area contributed by atoms with Gasteiger partial charge in [-0.15, -0.1) is 24.0 Å². The van der Waals surface area contributed by atoms with Gasteiger partial charge in [-0.2, -0.15) is 5.10 Å². The van der Waals surface area contributed by atoms with E-state index in [1.807, 2.05) is 20.2 Å². The van der Waals surface area contributed by atoms with E-state index in [0.29, 0.717) is 5.92 Å². The van der Waals surface area contributed by atoms with E-state index in [4.69, 9.17) is 0 Å². The molecule has 3 N–H and O–H groups in total. The van der Waals surface area contributed by atoms with Crippen LogP contribution >= 0.6 is 24.0 Å². The molecule has 0 aliphatic carbocycles. The van der Waals surface area contributed by atoms with Gasteiger partial charge >= 0.3 is 0 Å². The van der Waals surface area contributed by atoms with Crippen LogP contribution in [-0.4, -0.2) is 40.5 Å². The number of hydrogen-bond acceptors (Lipinski definition) is 3. The summed E-state index contributed by atoms with van der Waals surface area (Å²) in [5.41, 5.74) is 2.45. The van der Waals surface area contributed by atoms with Crippen molar-refractivity contribution >= 4 is 29.9 Å². The molecule has 1 aromatic heterocycles. The van der Waals surface area contributed by atoms with Gasteiger partial charge in [0.2, 0.25) is 0 Å². The molecule has 0 fully saturated rings. The lowest BCUT2D eigenvalue weighted by atomic mass is 10.0. The molecule has 0 bridgehead atoms. The van der Waals surface area contributed by atoms with Crippen LogP contribution < -0.4 is 10.6 Å². The van der Waals surface area contributed by atoms with Crippen LogP contribution in [0.15, 0.2) is 41.7 Å². The van der Waals surface area contributed by atoms with Crippen molar-refractivity contribution in [3.63, 3.8) is 0 Å². The van der Waals surface area contributed by atoms with Crippen LogP contribution in [0.25, 0.3) is 0 Å². The topological polar surface area (TPSA) is 74.5 Å². The van der Waals surface area contributed by atoms with E-state index in [0.717, 1.165) is 37.5 Å². The quantitative estimate of drug-likeness (QED) is 0.208. The lowest BCUT2D eigenvalue weighted by Gasteiger charge is -2.20. The van der Waals surface area contributed by atoms with Gasteiger partial charge < -0.3 is 15.7 Å². The Labute approximate surface area is 192 Å². The first-order valence-electron chi connectivity index (χ1n) is 10.1. The SMILES string of the molecule is CCNC(=NCC(C)(O)c1cnn(C)c1)NCCCc1ccc(C(C)C)cc1.I. The summed E-state index contributed by atoms with van der Waals surface area (Å²) in [7, 11) is 1.84. The van der Waals surface area contributed by atoms with Gasteiger partial charge in [0, 0.05) is 31.9 Å². The lowest BCUT2D eigenvalue weighted by Crippen LogP contribution is -2.39. The molecule has 0 aliphatic rings. The van der Waals surface area contributed by atoms with Crippen LogP contribution in [0.1, 0.15) is 56.7 Å². The van der Waals surface area contributed by atoms with Crippen molar-refractivity contribution in [1.82, 2.24) is 20.4 Å². The maximum absolute atomic E-state index is 10.7. The smallest absolute Gasteiger partial charge is 0.191 e. The second-order valence-corrected chi connectivity index (χ2v) is 7.80. The van der Waals surface area contributed by atoms with Gasteiger partial charge in [0.05, 0.1) is 12.7 Å². The standard InChI is InChI=1S/C22H35N5O.HI/c1-6-23-21(25-16-22(4,28)20-14-26-27(5)15-20)24-13-7-8-18-9-11-19(12-10-18)17(2)3;/h9-12,14-15,17,28H,6-8,13,16H2,1-5H3,(H2,23,24,25);1H. The molecule has 1 aromatic carbocycles. The number of hydrogen-bond donors (Lipinski definition) is 3. The number of aryl methyl sites for hydroxylation is 2. The van der Waals surface area contributed by atoms with Gasteiger partial charge in [-0.3, -0.25) is 4.68 Å². The number of benzene rings is 1. The molecule has 0 aliphatic heterocycles. The summed E-state index contributed by atoms with van der Waals surface area (Å²) in [6.45, 7) is 10.1. The molecule has 1 unspecified atom stereocenters. The van der Waals surface area contributed by atoms with Crippen LogP contribution in [0.3, 0.4) is 0 Å². The molecular formula is C22H36IN5O. The number of nitrogens with zero attached hydrogens (tertiary/aromatic N) is 3. The zero-order valence-corrected chi connectivity index (χ0v) is 20.6. The second-order valence-electron chi connectivity index (χ2n) is 7.80. The molecule has 2 aromatic rings. The van der Waals surface area contributed by atoms with E-state index in [-0.39, 0.29) is 30.5 Å². The third kappa shape index (κ3) is 8.34. The largest absolute Gasteiger partial charge is 0.383 e. The molecule has 7 heteroatoms. The van der Waals surface area contributed by atoms with Crippen molar-refractivity contribution in [1.29, 1.82) is 0 Å². The first kappa shape index (κ1) is 25.4. The molecular weight excluding hydrogens is 477 g/mol. The van der Waals surface area contributed by atoms with E-state index in [2.05, 4.69) is 58.8 Å². The number of aliphatic hydroxyl groups is 1. The first-order chi connectivity index (χ1) is 13.3. The molecule has 29 heavy (non-hydrogen) atoms. The maximum atomic E-state index is 10.7. The van der Waals surface area contributed by atoms with E-state index in [1.54, 1.807) is 17.8 Å². The molecule has 162 valence electrons. The highest BCUT2D eigenvalue weighted by atomic mass is 127. The molecule has 0 amide bonds. The Morgan fingerprint density at radius 3 is 2.48 bits per heavy atom. The number of aliphatic imine (C=N–C) groups is 1. The Bertz CT molecular complexity index is 753. The van der Waals surface area contributed by atoms with E-state index >= 15 is 0 Å². The van der Waals surface area contributed by atoms with Gasteiger partial charge in [0.1, 0.15) is 5.60 Å². The number of rotatable bonds is 9. The normalized spacial score (nSPS) is 13.7. The minimum absolute atomic E-state index is 0. The van der Waals surface area contributed by atoms with Crippen LogP contribution in [0.5, 0.6) is 0 Å². The highest BCUT2D eigenvalue weighted by Crippen LogP contribution is 2.20. The predicted molar refractivity (Wildman–Crippen MR) is 131 cm³/mol. The highest BCUT2D eigenvalue weighted by Gasteiger charge is 2.24. The number of nitrogens with one attached hydrogen (secondary N) is 2. The summed E-state index contributed by atoms with van der Waals surface area (Å²) >= 11 is 0. The Morgan fingerprint density at radius 1 is 1.24 bits per heavy atom. The van der Waals surface area contributed by atoms with Crippen molar-refractivity contribution in [3.8, 4) is 0 Å². The minimum atomic E-state index is -1.05. The Hall–Kier alpha value is -1.61.